The van der Waals surface area contributed by atoms with E-state index in [1.807, 2.05) is 6.08 Å². The number of allylic oxidation sites excluding steroid dienone is 21. The zero-order chi connectivity index (χ0) is 75.1. The summed E-state index contributed by atoms with van der Waals surface area (Å²) in [7, 11) is 0. The monoisotopic (exact) mass is 1460 g/mol. The van der Waals surface area contributed by atoms with Crippen molar-refractivity contribution in [3.8, 4) is 0 Å². The minimum absolute atomic E-state index is 0.254. The molecule has 0 radical (unpaired) electrons. The maximum Gasteiger partial charge on any atom is 0.220 e. The van der Waals surface area contributed by atoms with E-state index in [9.17, 15) is 45.6 Å². The van der Waals surface area contributed by atoms with Crippen LogP contribution >= 0.6 is 0 Å². The molecule has 1 amide bonds. The summed E-state index contributed by atoms with van der Waals surface area (Å²) >= 11 is 0. The number of hydrogen-bond acceptors (Lipinski definition) is 13. The number of carbonyl (C=O) groups excluding carboxylic acids is 1. The number of ether oxygens (including phenoxy) is 4. The van der Waals surface area contributed by atoms with Gasteiger partial charge in [-0.2, -0.15) is 0 Å². The van der Waals surface area contributed by atoms with Crippen LogP contribution in [0.5, 0.6) is 0 Å². The lowest BCUT2D eigenvalue weighted by Crippen LogP contribution is -2.65. The molecular weight excluding hydrogens is 1300 g/mol. The topological polar surface area (TPSA) is 228 Å². The van der Waals surface area contributed by atoms with Crippen molar-refractivity contribution in [2.24, 2.45) is 0 Å². The van der Waals surface area contributed by atoms with Crippen molar-refractivity contribution in [1.82, 2.24) is 5.32 Å². The quantitative estimate of drug-likeness (QED) is 0.0204. The van der Waals surface area contributed by atoms with E-state index in [4.69, 9.17) is 18.9 Å². The van der Waals surface area contributed by atoms with E-state index in [0.717, 1.165) is 96.3 Å². The first-order valence-electron chi connectivity index (χ1n) is 42.4. The highest BCUT2D eigenvalue weighted by Crippen LogP contribution is 2.30. The number of aliphatic hydroxyl groups is 8. The Bertz CT molecular complexity index is 2270. The molecule has 598 valence electrons. The molecule has 2 saturated heterocycles. The summed E-state index contributed by atoms with van der Waals surface area (Å²) in [4.78, 5) is 13.4. The third-order valence-electron chi connectivity index (χ3n) is 19.8. The predicted molar refractivity (Wildman–Crippen MR) is 433 cm³/mol. The van der Waals surface area contributed by atoms with Crippen LogP contribution in [0, 0.1) is 0 Å². The van der Waals surface area contributed by atoms with Gasteiger partial charge in [0.25, 0.3) is 0 Å². The van der Waals surface area contributed by atoms with E-state index in [1.165, 1.54) is 205 Å². The standard InChI is InChI=1S/C90H155NO13/c1-3-5-7-9-11-13-15-17-19-21-23-25-27-29-31-33-35-36-37-38-39-40-41-42-44-46-48-50-52-54-56-58-60-62-64-66-68-70-72-74-82(95)91-78(77-101-89-87(100)85(98)88(81(76-93)103-89)104-90-86(99)84(97)83(96)80(75-92)102-90)79(94)73-71-69-67-65-63-61-59-57-55-53-51-49-47-45-43-34-32-30-28-26-24-22-20-18-16-14-12-10-8-6-4-2/h5,7,11,13,17,19,23,25,29,31,35-36,38-39,41-42,46,48,63,65,71,73,78-81,83-90,92-94,96-100H,3-4,6,8-10,12,14-16,18,20-22,24,26-28,30,32-34,37,40,43-45,47,49-62,64,66-70,72,74-77H2,1-2H3,(H,91,95)/b7-5-,13-11-,19-17-,25-23-,31-29-,36-35-,39-38-,42-41-,48-46-,65-63+,73-71+. The Kier molecular flexibility index (Phi) is 66.6. The Labute approximate surface area is 634 Å². The van der Waals surface area contributed by atoms with Crippen LogP contribution in [0.15, 0.2) is 134 Å². The molecule has 104 heavy (non-hydrogen) atoms. The van der Waals surface area contributed by atoms with Crippen LogP contribution in [0.1, 0.15) is 335 Å². The highest BCUT2D eigenvalue weighted by atomic mass is 16.7. The molecule has 0 aromatic carbocycles. The molecule has 14 nitrogen and oxygen atoms in total. The first kappa shape index (κ1) is 96.2. The molecule has 0 saturated carbocycles. The van der Waals surface area contributed by atoms with Gasteiger partial charge in [-0.05, 0) is 103 Å². The third kappa shape index (κ3) is 53.8. The summed E-state index contributed by atoms with van der Waals surface area (Å²) in [6, 6.07) is -0.944. The molecule has 0 spiro atoms. The van der Waals surface area contributed by atoms with Gasteiger partial charge in [0, 0.05) is 6.42 Å². The first-order chi connectivity index (χ1) is 51.1. The average molecular weight is 1460 g/mol. The van der Waals surface area contributed by atoms with E-state index in [1.54, 1.807) is 6.08 Å². The van der Waals surface area contributed by atoms with Gasteiger partial charge in [-0.1, -0.05) is 359 Å². The number of rotatable bonds is 70. The van der Waals surface area contributed by atoms with Crippen LogP contribution in [0.4, 0.5) is 0 Å². The molecule has 12 atom stereocenters. The summed E-state index contributed by atoms with van der Waals surface area (Å²) in [5, 5.41) is 87.8. The highest BCUT2D eigenvalue weighted by Gasteiger charge is 2.51. The molecular formula is C90H155NO13. The second-order valence-corrected chi connectivity index (χ2v) is 29.2. The Morgan fingerprint density at radius 2 is 0.673 bits per heavy atom. The van der Waals surface area contributed by atoms with Crippen LogP contribution in [-0.2, 0) is 23.7 Å². The summed E-state index contributed by atoms with van der Waals surface area (Å²) in [6.07, 6.45) is 91.1. The highest BCUT2D eigenvalue weighted by molar-refractivity contribution is 5.76. The van der Waals surface area contributed by atoms with Crippen molar-refractivity contribution in [1.29, 1.82) is 0 Å². The molecule has 0 aliphatic carbocycles. The summed E-state index contributed by atoms with van der Waals surface area (Å²) in [6.45, 7) is 2.70. The smallest absolute Gasteiger partial charge is 0.220 e. The largest absolute Gasteiger partial charge is 0.394 e. The molecule has 2 aliphatic rings. The predicted octanol–water partition coefficient (Wildman–Crippen LogP) is 20.1. The maximum absolute atomic E-state index is 13.4. The molecule has 2 aliphatic heterocycles. The number of aliphatic hydroxyl groups excluding tert-OH is 8. The van der Waals surface area contributed by atoms with Crippen molar-refractivity contribution >= 4 is 5.91 Å². The van der Waals surface area contributed by atoms with Gasteiger partial charge in [-0.25, -0.2) is 0 Å². The minimum Gasteiger partial charge on any atom is -0.394 e. The van der Waals surface area contributed by atoms with Gasteiger partial charge >= 0.3 is 0 Å². The third-order valence-corrected chi connectivity index (χ3v) is 19.8. The Balaban J connectivity index is 1.62. The summed E-state index contributed by atoms with van der Waals surface area (Å²) in [5.74, 6) is -0.254. The van der Waals surface area contributed by atoms with Gasteiger partial charge in [0.2, 0.25) is 5.91 Å². The van der Waals surface area contributed by atoms with Gasteiger partial charge in [-0.3, -0.25) is 4.79 Å². The van der Waals surface area contributed by atoms with E-state index >= 15 is 0 Å². The van der Waals surface area contributed by atoms with Gasteiger partial charge in [0.15, 0.2) is 12.6 Å². The minimum atomic E-state index is -1.80. The first-order valence-corrected chi connectivity index (χ1v) is 42.4. The molecule has 2 heterocycles. The lowest BCUT2D eigenvalue weighted by molar-refractivity contribution is -0.359. The number of nitrogens with one attached hydrogen (secondary N) is 1. The second-order valence-electron chi connectivity index (χ2n) is 29.2. The number of hydrogen-bond donors (Lipinski definition) is 9. The fraction of sp³-hybridized carbons (Fsp3) is 0.744. The van der Waals surface area contributed by atoms with Crippen LogP contribution in [0.25, 0.3) is 0 Å². The van der Waals surface area contributed by atoms with Crippen LogP contribution in [0.2, 0.25) is 0 Å². The lowest BCUT2D eigenvalue weighted by Gasteiger charge is -2.46. The molecule has 2 fully saturated rings. The zero-order valence-corrected chi connectivity index (χ0v) is 65.7. The zero-order valence-electron chi connectivity index (χ0n) is 65.7. The van der Waals surface area contributed by atoms with Crippen molar-refractivity contribution in [3.63, 3.8) is 0 Å². The van der Waals surface area contributed by atoms with Crippen molar-refractivity contribution in [2.45, 2.75) is 408 Å². The lowest BCUT2D eigenvalue weighted by atomic mass is 9.97. The van der Waals surface area contributed by atoms with Crippen molar-refractivity contribution in [2.75, 3.05) is 19.8 Å². The van der Waals surface area contributed by atoms with Gasteiger partial charge in [0.1, 0.15) is 48.8 Å². The summed E-state index contributed by atoms with van der Waals surface area (Å²) in [5.41, 5.74) is 0. The average Bonchev–Trinajstić information content (AvgIpc) is 0.791. The number of carbonyl (C=O) groups is 1. The molecule has 0 aromatic heterocycles. The SMILES string of the molecule is CC/C=C\C/C=C\C/C=C\C/C=C\C/C=C\C/C=C\C/C=C\C/C=C\C/C=C\CCCCCCCCCCCCCC(=O)NC(COC1OC(CO)C(OC2OC(CO)C(O)C(O)C2O)C(O)C1O)C(O)/C=C/CC/C=C/CCCCCCCCCCCCCCCCCCCCCCCCCCC. The second kappa shape index (κ2) is 72.0. The Morgan fingerprint density at radius 3 is 1.06 bits per heavy atom. The molecule has 0 bridgehead atoms. The summed E-state index contributed by atoms with van der Waals surface area (Å²) < 4.78 is 22.9. The van der Waals surface area contributed by atoms with Gasteiger partial charge in [-0.15, -0.1) is 0 Å². The van der Waals surface area contributed by atoms with E-state index in [2.05, 4.69) is 141 Å². The fourth-order valence-corrected chi connectivity index (χ4v) is 13.2. The molecule has 2 rings (SSSR count). The molecule has 12 unspecified atom stereocenters. The molecule has 14 heteroatoms. The van der Waals surface area contributed by atoms with Gasteiger partial charge in [0.05, 0.1) is 32.0 Å². The fourth-order valence-electron chi connectivity index (χ4n) is 13.2. The molecule has 0 aromatic rings. The Hall–Kier alpha value is -3.87. The van der Waals surface area contributed by atoms with E-state index in [0.29, 0.717) is 12.8 Å². The molecule has 9 N–H and O–H groups in total. The van der Waals surface area contributed by atoms with E-state index in [-0.39, 0.29) is 18.9 Å². The van der Waals surface area contributed by atoms with Crippen molar-refractivity contribution < 1.29 is 64.6 Å². The normalized spacial score (nSPS) is 22.2. The van der Waals surface area contributed by atoms with Gasteiger partial charge < -0.3 is 65.1 Å². The Morgan fingerprint density at radius 1 is 0.356 bits per heavy atom. The van der Waals surface area contributed by atoms with Crippen molar-refractivity contribution in [3.05, 3.63) is 134 Å². The van der Waals surface area contributed by atoms with Crippen LogP contribution < -0.4 is 5.32 Å². The van der Waals surface area contributed by atoms with E-state index < -0.39 is 86.8 Å². The number of amides is 1. The maximum atomic E-state index is 13.4. The number of unbranched alkanes of at least 4 members (excludes halogenated alkanes) is 37. The van der Waals surface area contributed by atoms with Crippen LogP contribution in [-0.4, -0.2) is 140 Å². The van der Waals surface area contributed by atoms with Crippen LogP contribution in [0.3, 0.4) is 0 Å².